The predicted octanol–water partition coefficient (Wildman–Crippen LogP) is 2.66. The topological polar surface area (TPSA) is 17.1 Å². The number of rotatable bonds is 5. The molecule has 0 atom stereocenters. The predicted molar refractivity (Wildman–Crippen MR) is 47.0 cm³/mol. The second kappa shape index (κ2) is 7.13. The summed E-state index contributed by atoms with van der Waals surface area (Å²) in [6.07, 6.45) is 3.92. The van der Waals surface area contributed by atoms with Gasteiger partial charge in [0.1, 0.15) is 0 Å². The highest BCUT2D eigenvalue weighted by atomic mass is 32.2. The molecule has 0 amide bonds. The Kier molecular flexibility index (Phi) is 7.15. The Hall–Kier alpha value is 0.0200. The third-order valence-corrected chi connectivity index (χ3v) is 2.30. The van der Waals surface area contributed by atoms with Gasteiger partial charge in [0, 0.05) is 12.2 Å². The standard InChI is InChI=1S/C8H15OS/c1-3-5-6-7-10-8(9)4-2/h1,3-7H2,2H3. The number of hydrogen-bond acceptors (Lipinski definition) is 2. The summed E-state index contributed by atoms with van der Waals surface area (Å²) < 4.78 is 0. The fourth-order valence-corrected chi connectivity index (χ4v) is 1.35. The maximum absolute atomic E-state index is 10.7. The number of hydrogen-bond donors (Lipinski definition) is 0. The monoisotopic (exact) mass is 159 g/mol. The maximum atomic E-state index is 10.7. The molecule has 1 nitrogen and oxygen atoms in total. The first-order chi connectivity index (χ1) is 4.81. The van der Waals surface area contributed by atoms with Gasteiger partial charge in [0.2, 0.25) is 0 Å². The van der Waals surface area contributed by atoms with Crippen LogP contribution in [-0.4, -0.2) is 10.9 Å². The summed E-state index contributed by atoms with van der Waals surface area (Å²) in [5.74, 6) is 0.974. The van der Waals surface area contributed by atoms with Crippen LogP contribution in [0.2, 0.25) is 0 Å². The fourth-order valence-electron chi connectivity index (χ4n) is 0.567. The van der Waals surface area contributed by atoms with Crippen molar-refractivity contribution in [1.82, 2.24) is 0 Å². The summed E-state index contributed by atoms with van der Waals surface area (Å²) in [6.45, 7) is 5.63. The van der Waals surface area contributed by atoms with Crippen LogP contribution in [0, 0.1) is 6.92 Å². The van der Waals surface area contributed by atoms with Crippen molar-refractivity contribution in [2.45, 2.75) is 32.6 Å². The zero-order chi connectivity index (χ0) is 7.82. The van der Waals surface area contributed by atoms with E-state index in [9.17, 15) is 4.79 Å². The first-order valence-electron chi connectivity index (χ1n) is 3.76. The second-order valence-corrected chi connectivity index (χ2v) is 3.29. The summed E-state index contributed by atoms with van der Waals surface area (Å²) in [4.78, 5) is 10.7. The molecule has 0 aliphatic rings. The molecular formula is C8H15OS. The molecule has 0 spiro atoms. The molecule has 0 aromatic rings. The van der Waals surface area contributed by atoms with Crippen molar-refractivity contribution in [3.63, 3.8) is 0 Å². The first kappa shape index (κ1) is 10.0. The normalized spacial score (nSPS) is 9.80. The van der Waals surface area contributed by atoms with Crippen molar-refractivity contribution < 1.29 is 4.79 Å². The highest BCUT2D eigenvalue weighted by Gasteiger charge is 1.96. The van der Waals surface area contributed by atoms with Crippen molar-refractivity contribution in [3.05, 3.63) is 6.92 Å². The Labute approximate surface area is 67.6 Å². The molecule has 0 saturated heterocycles. The van der Waals surface area contributed by atoms with E-state index >= 15 is 0 Å². The van der Waals surface area contributed by atoms with Crippen LogP contribution in [0.15, 0.2) is 0 Å². The van der Waals surface area contributed by atoms with E-state index in [0.29, 0.717) is 11.5 Å². The van der Waals surface area contributed by atoms with Gasteiger partial charge < -0.3 is 0 Å². The minimum atomic E-state index is 0.309. The Balaban J connectivity index is 2.96. The quantitative estimate of drug-likeness (QED) is 0.574. The van der Waals surface area contributed by atoms with E-state index in [1.807, 2.05) is 6.92 Å². The lowest BCUT2D eigenvalue weighted by Crippen LogP contribution is -1.89. The van der Waals surface area contributed by atoms with Gasteiger partial charge in [0.05, 0.1) is 0 Å². The minimum absolute atomic E-state index is 0.309. The molecule has 0 fully saturated rings. The average Bonchev–Trinajstić information content (AvgIpc) is 1.98. The van der Waals surface area contributed by atoms with Gasteiger partial charge in [-0.15, -0.1) is 0 Å². The van der Waals surface area contributed by atoms with E-state index in [1.54, 1.807) is 0 Å². The van der Waals surface area contributed by atoms with E-state index in [-0.39, 0.29) is 0 Å². The highest BCUT2D eigenvalue weighted by Crippen LogP contribution is 2.08. The Morgan fingerprint density at radius 1 is 1.50 bits per heavy atom. The van der Waals surface area contributed by atoms with Crippen LogP contribution in [0.5, 0.6) is 0 Å². The molecular weight excluding hydrogens is 144 g/mol. The van der Waals surface area contributed by atoms with Gasteiger partial charge in [-0.2, -0.15) is 0 Å². The lowest BCUT2D eigenvalue weighted by atomic mass is 10.3. The summed E-state index contributed by atoms with van der Waals surface area (Å²) in [7, 11) is 0. The summed E-state index contributed by atoms with van der Waals surface area (Å²) in [5, 5.41) is 0.309. The average molecular weight is 159 g/mol. The van der Waals surface area contributed by atoms with E-state index in [2.05, 4.69) is 6.92 Å². The molecule has 0 N–H and O–H groups in total. The van der Waals surface area contributed by atoms with Gasteiger partial charge in [0.15, 0.2) is 5.12 Å². The Morgan fingerprint density at radius 3 is 2.70 bits per heavy atom. The van der Waals surface area contributed by atoms with E-state index in [0.717, 1.165) is 25.0 Å². The molecule has 0 aliphatic carbocycles. The van der Waals surface area contributed by atoms with Crippen molar-refractivity contribution in [2.24, 2.45) is 0 Å². The molecule has 59 valence electrons. The molecule has 0 bridgehead atoms. The molecule has 0 aromatic carbocycles. The van der Waals surface area contributed by atoms with Gasteiger partial charge in [-0.3, -0.25) is 4.79 Å². The summed E-state index contributed by atoms with van der Waals surface area (Å²) >= 11 is 1.45. The lowest BCUT2D eigenvalue weighted by molar-refractivity contribution is -0.110. The third kappa shape index (κ3) is 6.14. The number of carbonyl (C=O) groups is 1. The largest absolute Gasteiger partial charge is 0.287 e. The van der Waals surface area contributed by atoms with Gasteiger partial charge in [-0.1, -0.05) is 38.5 Å². The van der Waals surface area contributed by atoms with Gasteiger partial charge in [-0.05, 0) is 6.42 Å². The van der Waals surface area contributed by atoms with Crippen LogP contribution in [0.4, 0.5) is 0 Å². The number of unbranched alkanes of at least 4 members (excludes halogenated alkanes) is 2. The SMILES string of the molecule is [CH2]CCCCSC(=O)CC. The van der Waals surface area contributed by atoms with Crippen molar-refractivity contribution in [2.75, 3.05) is 5.75 Å². The minimum Gasteiger partial charge on any atom is -0.287 e. The highest BCUT2D eigenvalue weighted by molar-refractivity contribution is 8.13. The van der Waals surface area contributed by atoms with Crippen LogP contribution in [0.25, 0.3) is 0 Å². The zero-order valence-corrected chi connectivity index (χ0v) is 7.38. The van der Waals surface area contributed by atoms with Gasteiger partial charge in [0.25, 0.3) is 0 Å². The lowest BCUT2D eigenvalue weighted by Gasteiger charge is -1.95. The van der Waals surface area contributed by atoms with E-state index < -0.39 is 0 Å². The summed E-state index contributed by atoms with van der Waals surface area (Å²) in [5.41, 5.74) is 0. The van der Waals surface area contributed by atoms with Crippen LogP contribution >= 0.6 is 11.8 Å². The molecule has 0 rings (SSSR count). The zero-order valence-electron chi connectivity index (χ0n) is 6.56. The van der Waals surface area contributed by atoms with E-state index in [1.165, 1.54) is 11.8 Å². The molecule has 2 heteroatoms. The molecule has 0 aliphatic heterocycles. The van der Waals surface area contributed by atoms with Crippen LogP contribution in [0.1, 0.15) is 32.6 Å². The number of thioether (sulfide) groups is 1. The maximum Gasteiger partial charge on any atom is 0.188 e. The van der Waals surface area contributed by atoms with Crippen LogP contribution in [0.3, 0.4) is 0 Å². The second-order valence-electron chi connectivity index (χ2n) is 2.13. The van der Waals surface area contributed by atoms with Crippen molar-refractivity contribution in [3.8, 4) is 0 Å². The van der Waals surface area contributed by atoms with Crippen LogP contribution < -0.4 is 0 Å². The van der Waals surface area contributed by atoms with Gasteiger partial charge >= 0.3 is 0 Å². The van der Waals surface area contributed by atoms with Gasteiger partial charge in [-0.25, -0.2) is 0 Å². The van der Waals surface area contributed by atoms with Crippen molar-refractivity contribution >= 4 is 16.9 Å². The molecule has 10 heavy (non-hydrogen) atoms. The Morgan fingerprint density at radius 2 is 2.20 bits per heavy atom. The molecule has 1 radical (unpaired) electrons. The molecule has 0 unspecified atom stereocenters. The first-order valence-corrected chi connectivity index (χ1v) is 4.74. The third-order valence-electron chi connectivity index (χ3n) is 1.20. The van der Waals surface area contributed by atoms with Crippen LogP contribution in [-0.2, 0) is 4.79 Å². The molecule has 0 aromatic heterocycles. The number of carbonyl (C=O) groups excluding carboxylic acids is 1. The smallest absolute Gasteiger partial charge is 0.188 e. The molecule has 0 saturated carbocycles. The fraction of sp³-hybridized carbons (Fsp3) is 0.750. The van der Waals surface area contributed by atoms with Crippen molar-refractivity contribution in [1.29, 1.82) is 0 Å². The molecule has 0 heterocycles. The van der Waals surface area contributed by atoms with E-state index in [4.69, 9.17) is 0 Å². The summed E-state index contributed by atoms with van der Waals surface area (Å²) in [6, 6.07) is 0. The Bertz CT molecular complexity index is 91.3.